The van der Waals surface area contributed by atoms with Gasteiger partial charge in [0.2, 0.25) is 0 Å². The van der Waals surface area contributed by atoms with E-state index in [0.29, 0.717) is 18.2 Å². The van der Waals surface area contributed by atoms with Crippen molar-refractivity contribution in [1.82, 2.24) is 4.90 Å². The lowest BCUT2D eigenvalue weighted by Gasteiger charge is -2.18. The van der Waals surface area contributed by atoms with Crippen molar-refractivity contribution >= 4 is 23.5 Å². The van der Waals surface area contributed by atoms with Gasteiger partial charge in [0.1, 0.15) is 0 Å². The first-order valence-electron chi connectivity index (χ1n) is 7.57. The van der Waals surface area contributed by atoms with Crippen LogP contribution in [0.25, 0.3) is 0 Å². The molecule has 116 valence electrons. The number of benzene rings is 1. The number of anilines is 1. The SMILES string of the molecule is COC(=O)c1ccc(NC2=[NH+]CC(=O)N2C2CCCC2)cc1. The summed E-state index contributed by atoms with van der Waals surface area (Å²) in [4.78, 5) is 28.5. The fraction of sp³-hybridized carbons (Fsp3) is 0.438. The van der Waals surface area contributed by atoms with Gasteiger partial charge in [0.15, 0.2) is 6.54 Å². The Bertz CT molecular complexity index is 604. The van der Waals surface area contributed by atoms with Gasteiger partial charge in [0, 0.05) is 0 Å². The molecule has 1 aliphatic carbocycles. The molecule has 0 aromatic heterocycles. The van der Waals surface area contributed by atoms with Gasteiger partial charge in [-0.25, -0.2) is 10.1 Å². The molecule has 1 saturated carbocycles. The zero-order valence-electron chi connectivity index (χ0n) is 12.6. The van der Waals surface area contributed by atoms with Gasteiger partial charge in [-0.2, -0.15) is 4.90 Å². The Morgan fingerprint density at radius 3 is 2.59 bits per heavy atom. The van der Waals surface area contributed by atoms with Gasteiger partial charge in [-0.3, -0.25) is 9.79 Å². The van der Waals surface area contributed by atoms with E-state index in [1.165, 1.54) is 20.0 Å². The van der Waals surface area contributed by atoms with Crippen molar-refractivity contribution < 1.29 is 19.3 Å². The number of nitrogens with one attached hydrogen (secondary N) is 2. The van der Waals surface area contributed by atoms with E-state index in [1.807, 2.05) is 4.90 Å². The standard InChI is InChI=1S/C16H19N3O3/c1-22-15(21)11-6-8-12(9-7-11)18-16-17-10-14(20)19(16)13-4-2-3-5-13/h6-9,13H,2-5,10H2,1H3,(H,17,18)/p+1. The van der Waals surface area contributed by atoms with Gasteiger partial charge in [0.05, 0.1) is 24.4 Å². The van der Waals surface area contributed by atoms with Crippen LogP contribution in [0.4, 0.5) is 5.69 Å². The van der Waals surface area contributed by atoms with E-state index in [0.717, 1.165) is 24.5 Å². The number of carbonyl (C=O) groups is 2. The molecule has 6 nitrogen and oxygen atoms in total. The molecule has 3 rings (SSSR count). The highest BCUT2D eigenvalue weighted by Gasteiger charge is 2.40. The van der Waals surface area contributed by atoms with Crippen molar-refractivity contribution in [3.05, 3.63) is 29.8 Å². The summed E-state index contributed by atoms with van der Waals surface area (Å²) in [5.74, 6) is 0.490. The normalized spacial score (nSPS) is 18.5. The number of nitrogens with zero attached hydrogens (tertiary/aromatic N) is 1. The lowest BCUT2D eigenvalue weighted by molar-refractivity contribution is -0.438. The Hall–Kier alpha value is -2.37. The summed E-state index contributed by atoms with van der Waals surface area (Å²) >= 11 is 0. The average molecular weight is 302 g/mol. The van der Waals surface area contributed by atoms with Gasteiger partial charge < -0.3 is 4.74 Å². The van der Waals surface area contributed by atoms with Gasteiger partial charge in [0.25, 0.3) is 0 Å². The minimum Gasteiger partial charge on any atom is -0.465 e. The third-order valence-corrected chi connectivity index (χ3v) is 4.18. The molecule has 1 fully saturated rings. The summed E-state index contributed by atoms with van der Waals surface area (Å²) in [7, 11) is 1.36. The number of guanidine groups is 1. The summed E-state index contributed by atoms with van der Waals surface area (Å²) in [6.07, 6.45) is 4.46. The molecule has 0 bridgehead atoms. The van der Waals surface area contributed by atoms with Crippen LogP contribution in [0, 0.1) is 0 Å². The van der Waals surface area contributed by atoms with Crippen molar-refractivity contribution in [1.29, 1.82) is 0 Å². The van der Waals surface area contributed by atoms with E-state index in [-0.39, 0.29) is 11.9 Å². The van der Waals surface area contributed by atoms with Crippen molar-refractivity contribution in [3.63, 3.8) is 0 Å². The molecule has 1 aliphatic heterocycles. The van der Waals surface area contributed by atoms with Crippen LogP contribution >= 0.6 is 0 Å². The van der Waals surface area contributed by atoms with Gasteiger partial charge >= 0.3 is 17.8 Å². The minimum atomic E-state index is -0.360. The molecule has 1 amide bonds. The molecular formula is C16H20N3O3+. The first kappa shape index (κ1) is 14.6. The van der Waals surface area contributed by atoms with Crippen LogP contribution in [-0.2, 0) is 9.53 Å². The summed E-state index contributed by atoms with van der Waals surface area (Å²) in [5, 5.41) is 3.24. The largest absolute Gasteiger partial charge is 0.465 e. The molecule has 0 unspecified atom stereocenters. The number of methoxy groups -OCH3 is 1. The number of ether oxygens (including phenoxy) is 1. The molecule has 1 aromatic carbocycles. The summed E-state index contributed by atoms with van der Waals surface area (Å²) in [6, 6.07) is 7.29. The van der Waals surface area contributed by atoms with Gasteiger partial charge in [-0.1, -0.05) is 0 Å². The summed E-state index contributed by atoms with van der Waals surface area (Å²) < 4.78 is 4.68. The Balaban J connectivity index is 1.71. The Morgan fingerprint density at radius 1 is 1.27 bits per heavy atom. The quantitative estimate of drug-likeness (QED) is 0.777. The second-order valence-corrected chi connectivity index (χ2v) is 5.60. The Morgan fingerprint density at radius 2 is 1.95 bits per heavy atom. The fourth-order valence-electron chi connectivity index (χ4n) is 3.05. The highest BCUT2D eigenvalue weighted by atomic mass is 16.5. The Labute approximate surface area is 129 Å². The maximum absolute atomic E-state index is 12.1. The molecule has 2 aliphatic rings. The van der Waals surface area contributed by atoms with Crippen LogP contribution in [0.5, 0.6) is 0 Å². The van der Waals surface area contributed by atoms with Crippen molar-refractivity contribution in [2.24, 2.45) is 0 Å². The monoisotopic (exact) mass is 302 g/mol. The highest BCUT2D eigenvalue weighted by molar-refractivity contribution is 6.04. The number of carbonyl (C=O) groups excluding carboxylic acids is 2. The number of amides is 1. The molecule has 1 aromatic rings. The van der Waals surface area contributed by atoms with Crippen LogP contribution in [0.2, 0.25) is 0 Å². The van der Waals surface area contributed by atoms with Crippen molar-refractivity contribution in [3.8, 4) is 0 Å². The van der Waals surface area contributed by atoms with Crippen molar-refractivity contribution in [2.45, 2.75) is 31.7 Å². The number of hydrogen-bond donors (Lipinski definition) is 2. The van der Waals surface area contributed by atoms with Crippen molar-refractivity contribution in [2.75, 3.05) is 19.0 Å². The number of rotatable bonds is 3. The van der Waals surface area contributed by atoms with E-state index in [1.54, 1.807) is 24.3 Å². The van der Waals surface area contributed by atoms with Crippen LogP contribution in [0.3, 0.4) is 0 Å². The smallest absolute Gasteiger partial charge is 0.358 e. The van der Waals surface area contributed by atoms with Crippen LogP contribution in [-0.4, -0.2) is 42.4 Å². The molecule has 0 radical (unpaired) electrons. The third-order valence-electron chi connectivity index (χ3n) is 4.18. The molecule has 6 heteroatoms. The van der Waals surface area contributed by atoms with Crippen LogP contribution in [0.1, 0.15) is 36.0 Å². The third kappa shape index (κ3) is 2.81. The van der Waals surface area contributed by atoms with Gasteiger partial charge in [-0.15, -0.1) is 0 Å². The number of hydrogen-bond acceptors (Lipinski definition) is 4. The number of esters is 1. The Kier molecular flexibility index (Phi) is 4.09. The topological polar surface area (TPSA) is 72.6 Å². The maximum Gasteiger partial charge on any atom is 0.358 e. The van der Waals surface area contributed by atoms with E-state index in [4.69, 9.17) is 0 Å². The lowest BCUT2D eigenvalue weighted by Crippen LogP contribution is -2.73. The van der Waals surface area contributed by atoms with Gasteiger partial charge in [-0.05, 0) is 49.9 Å². The second kappa shape index (κ2) is 6.17. The maximum atomic E-state index is 12.1. The van der Waals surface area contributed by atoms with E-state index in [9.17, 15) is 9.59 Å². The van der Waals surface area contributed by atoms with E-state index < -0.39 is 0 Å². The highest BCUT2D eigenvalue weighted by Crippen LogP contribution is 2.24. The molecule has 0 atom stereocenters. The van der Waals surface area contributed by atoms with Crippen LogP contribution in [0.15, 0.2) is 24.3 Å². The predicted molar refractivity (Wildman–Crippen MR) is 81.3 cm³/mol. The molecule has 1 heterocycles. The lowest BCUT2D eigenvalue weighted by atomic mass is 10.2. The summed E-state index contributed by atoms with van der Waals surface area (Å²) in [5.41, 5.74) is 1.33. The van der Waals surface area contributed by atoms with E-state index in [2.05, 4.69) is 15.0 Å². The molecule has 22 heavy (non-hydrogen) atoms. The first-order chi connectivity index (χ1) is 10.7. The molecular weight excluding hydrogens is 282 g/mol. The first-order valence-corrected chi connectivity index (χ1v) is 7.57. The molecule has 2 N–H and O–H groups in total. The average Bonchev–Trinajstić information content (AvgIpc) is 3.17. The minimum absolute atomic E-state index is 0.112. The predicted octanol–water partition coefficient (Wildman–Crippen LogP) is 0.107. The fourth-order valence-corrected chi connectivity index (χ4v) is 3.05. The second-order valence-electron chi connectivity index (χ2n) is 5.60. The zero-order chi connectivity index (χ0) is 15.5. The molecule has 0 spiro atoms. The summed E-state index contributed by atoms with van der Waals surface area (Å²) in [6.45, 7) is 0.332. The van der Waals surface area contributed by atoms with E-state index >= 15 is 0 Å². The van der Waals surface area contributed by atoms with Crippen LogP contribution < -0.4 is 10.3 Å². The zero-order valence-corrected chi connectivity index (χ0v) is 12.6. The molecule has 0 saturated heterocycles.